The lowest BCUT2D eigenvalue weighted by atomic mass is 10.5. The topological polar surface area (TPSA) is 92.7 Å². The van der Waals surface area contributed by atoms with Gasteiger partial charge in [-0.2, -0.15) is 0 Å². The van der Waals surface area contributed by atoms with Gasteiger partial charge in [0.1, 0.15) is 0 Å². The smallest absolute Gasteiger partial charge is 0.314 e. The Labute approximate surface area is 84.8 Å². The summed E-state index contributed by atoms with van der Waals surface area (Å²) in [6, 6.07) is -0.745. The molecule has 0 saturated heterocycles. The highest BCUT2D eigenvalue weighted by atomic mass is 16.2. The summed E-state index contributed by atoms with van der Waals surface area (Å²) in [4.78, 5) is 23.0. The molecule has 0 aliphatic heterocycles. The van der Waals surface area contributed by atoms with Crippen molar-refractivity contribution < 1.29 is 9.59 Å². The molecule has 0 aromatic rings. The molecule has 0 saturated carbocycles. The Morgan fingerprint density at radius 1 is 1.00 bits per heavy atom. The van der Waals surface area contributed by atoms with Crippen LogP contribution in [0.3, 0.4) is 0 Å². The molecule has 0 radical (unpaired) electrons. The molecule has 0 fully saturated rings. The van der Waals surface area contributed by atoms with Gasteiger partial charge in [-0.15, -0.1) is 0 Å². The molecule has 0 aliphatic carbocycles. The van der Waals surface area contributed by atoms with E-state index >= 15 is 0 Å². The van der Waals surface area contributed by atoms with Crippen LogP contribution in [0.4, 0.5) is 9.59 Å². The molecule has 0 unspecified atom stereocenters. The first-order valence-corrected chi connectivity index (χ1v) is 4.37. The van der Waals surface area contributed by atoms with E-state index < -0.39 is 6.03 Å². The summed E-state index contributed by atoms with van der Waals surface area (Å²) in [6.07, 6.45) is 0. The van der Waals surface area contributed by atoms with Crippen molar-refractivity contribution in [3.05, 3.63) is 0 Å². The van der Waals surface area contributed by atoms with E-state index in [0.29, 0.717) is 13.1 Å². The zero-order chi connectivity index (χ0) is 11.7. The largest absolute Gasteiger partial charge is 0.352 e. The van der Waals surface area contributed by atoms with Crippen LogP contribution in [0.15, 0.2) is 0 Å². The SMILES string of the molecule is CCN(CC)C(N)=O.CN(C)C(N)=O. The number of hydrogen-bond donors (Lipinski definition) is 2. The van der Waals surface area contributed by atoms with Gasteiger partial charge in [0.2, 0.25) is 0 Å². The molecule has 0 rings (SSSR count). The number of nitrogens with two attached hydrogens (primary N) is 2. The van der Waals surface area contributed by atoms with E-state index in [1.165, 1.54) is 4.90 Å². The van der Waals surface area contributed by atoms with Crippen molar-refractivity contribution in [3.63, 3.8) is 0 Å². The van der Waals surface area contributed by atoms with Gasteiger partial charge in [0.15, 0.2) is 0 Å². The Balaban J connectivity index is 0. The number of hydrogen-bond acceptors (Lipinski definition) is 2. The van der Waals surface area contributed by atoms with Crippen molar-refractivity contribution in [2.45, 2.75) is 13.8 Å². The maximum atomic E-state index is 10.3. The summed E-state index contributed by atoms with van der Waals surface area (Å²) in [5.41, 5.74) is 9.67. The highest BCUT2D eigenvalue weighted by Gasteiger charge is 2.00. The van der Waals surface area contributed by atoms with Crippen LogP contribution in [-0.4, -0.2) is 49.0 Å². The molecule has 84 valence electrons. The molecule has 0 heterocycles. The van der Waals surface area contributed by atoms with Gasteiger partial charge in [-0.25, -0.2) is 9.59 Å². The van der Waals surface area contributed by atoms with E-state index in [1.807, 2.05) is 13.8 Å². The Morgan fingerprint density at radius 2 is 1.29 bits per heavy atom. The highest BCUT2D eigenvalue weighted by Crippen LogP contribution is 1.82. The number of urea groups is 2. The van der Waals surface area contributed by atoms with Gasteiger partial charge in [0.25, 0.3) is 0 Å². The highest BCUT2D eigenvalue weighted by molar-refractivity contribution is 5.71. The first-order valence-electron chi connectivity index (χ1n) is 4.37. The number of carbonyl (C=O) groups is 2. The van der Waals surface area contributed by atoms with Crippen molar-refractivity contribution in [3.8, 4) is 0 Å². The number of primary amides is 2. The van der Waals surface area contributed by atoms with Gasteiger partial charge >= 0.3 is 12.1 Å². The van der Waals surface area contributed by atoms with Crippen molar-refractivity contribution in [2.75, 3.05) is 27.2 Å². The molecule has 0 aliphatic rings. The minimum Gasteiger partial charge on any atom is -0.352 e. The van der Waals surface area contributed by atoms with E-state index in [-0.39, 0.29) is 6.03 Å². The molecule has 6 heteroatoms. The van der Waals surface area contributed by atoms with Crippen LogP contribution < -0.4 is 11.5 Å². The number of nitrogens with zero attached hydrogens (tertiary/aromatic N) is 2. The maximum absolute atomic E-state index is 10.3. The first kappa shape index (κ1) is 15.0. The van der Waals surface area contributed by atoms with Crippen LogP contribution in [0, 0.1) is 0 Å². The Kier molecular flexibility index (Phi) is 8.75. The minimum atomic E-state index is -0.407. The molecule has 0 spiro atoms. The van der Waals surface area contributed by atoms with Gasteiger partial charge in [-0.1, -0.05) is 0 Å². The molecule has 14 heavy (non-hydrogen) atoms. The van der Waals surface area contributed by atoms with Crippen LogP contribution in [0.25, 0.3) is 0 Å². The van der Waals surface area contributed by atoms with Crippen LogP contribution in [-0.2, 0) is 0 Å². The normalized spacial score (nSPS) is 8.29. The summed E-state index contributed by atoms with van der Waals surface area (Å²) in [5.74, 6) is 0. The van der Waals surface area contributed by atoms with E-state index in [0.717, 1.165) is 0 Å². The second-order valence-electron chi connectivity index (χ2n) is 2.74. The second kappa shape index (κ2) is 8.15. The molecule has 0 aromatic carbocycles. The number of rotatable bonds is 2. The molecule has 0 atom stereocenters. The van der Waals surface area contributed by atoms with Gasteiger partial charge in [-0.05, 0) is 13.8 Å². The Bertz CT molecular complexity index is 178. The summed E-state index contributed by atoms with van der Waals surface area (Å²) in [5, 5.41) is 0. The predicted molar refractivity (Wildman–Crippen MR) is 55.8 cm³/mol. The lowest BCUT2D eigenvalue weighted by molar-refractivity contribution is 0.213. The monoisotopic (exact) mass is 204 g/mol. The van der Waals surface area contributed by atoms with Crippen LogP contribution in [0.5, 0.6) is 0 Å². The standard InChI is InChI=1S/C5H12N2O.C3H8N2O/c1-3-7(4-2)5(6)8;1-5(2)3(4)6/h3-4H2,1-2H3,(H2,6,8);1-2H3,(H2,4,6). The van der Waals surface area contributed by atoms with Crippen molar-refractivity contribution >= 4 is 12.1 Å². The lowest BCUT2D eigenvalue weighted by Crippen LogP contribution is -2.35. The summed E-state index contributed by atoms with van der Waals surface area (Å²) in [6.45, 7) is 5.19. The zero-order valence-corrected chi connectivity index (χ0v) is 9.28. The van der Waals surface area contributed by atoms with E-state index in [4.69, 9.17) is 11.5 Å². The zero-order valence-electron chi connectivity index (χ0n) is 9.28. The summed E-state index contributed by atoms with van der Waals surface area (Å²) < 4.78 is 0. The molecule has 0 bridgehead atoms. The third kappa shape index (κ3) is 8.63. The molecular weight excluding hydrogens is 184 g/mol. The van der Waals surface area contributed by atoms with Crippen molar-refractivity contribution in [1.82, 2.24) is 9.80 Å². The second-order valence-corrected chi connectivity index (χ2v) is 2.74. The predicted octanol–water partition coefficient (Wildman–Crippen LogP) is 0.0336. The van der Waals surface area contributed by atoms with Gasteiger partial charge in [0.05, 0.1) is 0 Å². The molecule has 4 amide bonds. The Morgan fingerprint density at radius 3 is 1.29 bits per heavy atom. The number of carbonyl (C=O) groups excluding carboxylic acids is 2. The average Bonchev–Trinajstić information content (AvgIpc) is 2.06. The fraction of sp³-hybridized carbons (Fsp3) is 0.750. The van der Waals surface area contributed by atoms with Crippen LogP contribution >= 0.6 is 0 Å². The third-order valence-corrected chi connectivity index (χ3v) is 1.52. The van der Waals surface area contributed by atoms with Gasteiger partial charge < -0.3 is 21.3 Å². The molecule has 4 N–H and O–H groups in total. The van der Waals surface area contributed by atoms with E-state index in [9.17, 15) is 9.59 Å². The average molecular weight is 204 g/mol. The molecule has 6 nitrogen and oxygen atoms in total. The fourth-order valence-corrected chi connectivity index (χ4v) is 0.535. The molecular formula is C8H20N4O2. The van der Waals surface area contributed by atoms with Crippen molar-refractivity contribution in [2.24, 2.45) is 11.5 Å². The van der Waals surface area contributed by atoms with Crippen LogP contribution in [0.1, 0.15) is 13.8 Å². The van der Waals surface area contributed by atoms with Gasteiger partial charge in [0, 0.05) is 27.2 Å². The van der Waals surface area contributed by atoms with E-state index in [2.05, 4.69) is 0 Å². The van der Waals surface area contributed by atoms with Gasteiger partial charge in [-0.3, -0.25) is 0 Å². The third-order valence-electron chi connectivity index (χ3n) is 1.52. The lowest BCUT2D eigenvalue weighted by Gasteiger charge is -2.13. The maximum Gasteiger partial charge on any atom is 0.314 e. The Hall–Kier alpha value is -1.46. The molecule has 0 aromatic heterocycles. The first-order chi connectivity index (χ1) is 6.36. The summed E-state index contributed by atoms with van der Waals surface area (Å²) >= 11 is 0. The summed E-state index contributed by atoms with van der Waals surface area (Å²) in [7, 11) is 3.20. The van der Waals surface area contributed by atoms with Crippen molar-refractivity contribution in [1.29, 1.82) is 0 Å². The minimum absolute atomic E-state index is 0.338. The number of amides is 4. The van der Waals surface area contributed by atoms with E-state index in [1.54, 1.807) is 19.0 Å². The fourth-order valence-electron chi connectivity index (χ4n) is 0.535. The van der Waals surface area contributed by atoms with Crippen LogP contribution in [0.2, 0.25) is 0 Å². The quantitative estimate of drug-likeness (QED) is 0.664.